The normalized spacial score (nSPS) is 16.2. The van der Waals surface area contributed by atoms with Gasteiger partial charge in [0.15, 0.2) is 6.10 Å². The summed E-state index contributed by atoms with van der Waals surface area (Å²) in [6, 6.07) is 12.0. The van der Waals surface area contributed by atoms with E-state index in [4.69, 9.17) is 21.2 Å². The van der Waals surface area contributed by atoms with Crippen LogP contribution in [-0.2, 0) is 27.1 Å². The van der Waals surface area contributed by atoms with Gasteiger partial charge in [0.25, 0.3) is 0 Å². The molecule has 9 heteroatoms. The number of hydrogen-bond donors (Lipinski definition) is 0. The molecule has 0 aliphatic carbocycles. The second-order valence-electron chi connectivity index (χ2n) is 6.88. The third-order valence-electron chi connectivity index (χ3n) is 4.58. The van der Waals surface area contributed by atoms with Gasteiger partial charge in [-0.2, -0.15) is 13.2 Å². The molecule has 0 N–H and O–H groups in total. The predicted octanol–water partition coefficient (Wildman–Crippen LogP) is 4.53. The molecule has 1 aliphatic heterocycles. The second kappa shape index (κ2) is 9.49. The number of benzene rings is 2. The van der Waals surface area contributed by atoms with E-state index in [0.29, 0.717) is 17.0 Å². The highest BCUT2D eigenvalue weighted by Crippen LogP contribution is 2.30. The standard InChI is InChI=1S/C21H20ClF3N2O3/c1-29-13-20(28)27(11-14-3-2-4-16(9-14)21(23,24)25)12-18-10-19(26-30-18)15-5-7-17(22)8-6-15/h2-9,18H,10-13H2,1H3. The van der Waals surface area contributed by atoms with Crippen molar-refractivity contribution in [3.8, 4) is 0 Å². The van der Waals surface area contributed by atoms with Crippen molar-refractivity contribution in [2.75, 3.05) is 20.3 Å². The van der Waals surface area contributed by atoms with E-state index in [1.54, 1.807) is 18.2 Å². The van der Waals surface area contributed by atoms with Gasteiger partial charge in [0.2, 0.25) is 5.91 Å². The topological polar surface area (TPSA) is 51.1 Å². The van der Waals surface area contributed by atoms with Gasteiger partial charge in [-0.1, -0.05) is 41.0 Å². The molecule has 2 aromatic carbocycles. The van der Waals surface area contributed by atoms with Gasteiger partial charge in [0.05, 0.1) is 17.8 Å². The summed E-state index contributed by atoms with van der Waals surface area (Å²) in [5, 5.41) is 4.69. The minimum Gasteiger partial charge on any atom is -0.390 e. The first kappa shape index (κ1) is 22.1. The van der Waals surface area contributed by atoms with Crippen LogP contribution in [0.4, 0.5) is 13.2 Å². The van der Waals surface area contributed by atoms with Crippen molar-refractivity contribution in [2.24, 2.45) is 5.16 Å². The molecule has 0 saturated carbocycles. The molecule has 1 unspecified atom stereocenters. The van der Waals surface area contributed by atoms with Crippen LogP contribution in [0.5, 0.6) is 0 Å². The Labute approximate surface area is 177 Å². The monoisotopic (exact) mass is 440 g/mol. The van der Waals surface area contributed by atoms with Crippen molar-refractivity contribution in [3.05, 3.63) is 70.2 Å². The summed E-state index contributed by atoms with van der Waals surface area (Å²) in [6.07, 6.45) is -4.41. The number of methoxy groups -OCH3 is 1. The largest absolute Gasteiger partial charge is 0.416 e. The van der Waals surface area contributed by atoms with E-state index in [1.165, 1.54) is 18.1 Å². The van der Waals surface area contributed by atoms with Crippen molar-refractivity contribution in [1.29, 1.82) is 0 Å². The maximum Gasteiger partial charge on any atom is 0.416 e. The number of carbonyl (C=O) groups excluding carboxylic acids is 1. The molecule has 3 rings (SSSR count). The Bertz CT molecular complexity index is 916. The first-order chi connectivity index (χ1) is 14.3. The van der Waals surface area contributed by atoms with Crippen molar-refractivity contribution in [1.82, 2.24) is 4.90 Å². The highest BCUT2D eigenvalue weighted by atomic mass is 35.5. The van der Waals surface area contributed by atoms with E-state index in [-0.39, 0.29) is 25.6 Å². The Morgan fingerprint density at radius 2 is 2.00 bits per heavy atom. The zero-order valence-corrected chi connectivity index (χ0v) is 16.9. The molecule has 0 bridgehead atoms. The molecule has 1 heterocycles. The van der Waals surface area contributed by atoms with Crippen LogP contribution in [0.1, 0.15) is 23.1 Å². The van der Waals surface area contributed by atoms with Crippen LogP contribution >= 0.6 is 11.6 Å². The zero-order chi connectivity index (χ0) is 21.7. The Hall–Kier alpha value is -2.58. The van der Waals surface area contributed by atoms with Gasteiger partial charge in [-0.3, -0.25) is 4.79 Å². The van der Waals surface area contributed by atoms with Crippen LogP contribution in [0.3, 0.4) is 0 Å². The third-order valence-corrected chi connectivity index (χ3v) is 4.83. The van der Waals surface area contributed by atoms with Gasteiger partial charge in [0.1, 0.15) is 6.61 Å². The minimum atomic E-state index is -4.45. The first-order valence-corrected chi connectivity index (χ1v) is 9.55. The summed E-state index contributed by atoms with van der Waals surface area (Å²) in [5.41, 5.74) is 1.18. The average Bonchev–Trinajstić information content (AvgIpc) is 3.16. The van der Waals surface area contributed by atoms with Crippen molar-refractivity contribution in [3.63, 3.8) is 0 Å². The number of rotatable bonds is 7. The lowest BCUT2D eigenvalue weighted by Gasteiger charge is -2.25. The van der Waals surface area contributed by atoms with E-state index in [9.17, 15) is 18.0 Å². The maximum absolute atomic E-state index is 13.0. The van der Waals surface area contributed by atoms with E-state index in [1.807, 2.05) is 12.1 Å². The molecule has 2 aromatic rings. The number of hydrogen-bond acceptors (Lipinski definition) is 4. The lowest BCUT2D eigenvalue weighted by Crippen LogP contribution is -2.39. The van der Waals surface area contributed by atoms with Gasteiger partial charge in [-0.15, -0.1) is 0 Å². The molecule has 160 valence electrons. The maximum atomic E-state index is 13.0. The quantitative estimate of drug-likeness (QED) is 0.635. The summed E-state index contributed by atoms with van der Waals surface area (Å²) in [7, 11) is 1.38. The third kappa shape index (κ3) is 5.73. The number of ether oxygens (including phenoxy) is 1. The molecule has 5 nitrogen and oxygen atoms in total. The summed E-state index contributed by atoms with van der Waals surface area (Å²) in [6.45, 7) is -0.0160. The van der Waals surface area contributed by atoms with Crippen LogP contribution < -0.4 is 0 Å². The summed E-state index contributed by atoms with van der Waals surface area (Å²) < 4.78 is 43.9. The van der Waals surface area contributed by atoms with Crippen LogP contribution in [-0.4, -0.2) is 42.9 Å². The molecular weight excluding hydrogens is 421 g/mol. The number of halogens is 4. The van der Waals surface area contributed by atoms with E-state index >= 15 is 0 Å². The lowest BCUT2D eigenvalue weighted by molar-refractivity contribution is -0.137. The fraction of sp³-hybridized carbons (Fsp3) is 0.333. The first-order valence-electron chi connectivity index (χ1n) is 9.17. The second-order valence-corrected chi connectivity index (χ2v) is 7.32. The molecule has 1 aliphatic rings. The number of carbonyl (C=O) groups is 1. The lowest BCUT2D eigenvalue weighted by atomic mass is 10.0. The van der Waals surface area contributed by atoms with Crippen LogP contribution in [0.15, 0.2) is 53.7 Å². The van der Waals surface area contributed by atoms with Gasteiger partial charge < -0.3 is 14.5 Å². The highest BCUT2D eigenvalue weighted by Gasteiger charge is 2.31. The molecule has 1 amide bonds. The summed E-state index contributed by atoms with van der Waals surface area (Å²) >= 11 is 5.90. The van der Waals surface area contributed by atoms with Gasteiger partial charge in [-0.05, 0) is 35.4 Å². The predicted molar refractivity (Wildman–Crippen MR) is 106 cm³/mol. The Morgan fingerprint density at radius 1 is 1.27 bits per heavy atom. The molecule has 0 fully saturated rings. The summed E-state index contributed by atoms with van der Waals surface area (Å²) in [4.78, 5) is 19.4. The van der Waals surface area contributed by atoms with Crippen molar-refractivity contribution < 1.29 is 27.5 Å². The zero-order valence-electron chi connectivity index (χ0n) is 16.2. The molecule has 0 spiro atoms. The fourth-order valence-corrected chi connectivity index (χ4v) is 3.25. The molecule has 0 aromatic heterocycles. The number of oxime groups is 1. The Balaban J connectivity index is 1.69. The van der Waals surface area contributed by atoms with Gasteiger partial charge >= 0.3 is 6.18 Å². The molecule has 0 radical (unpaired) electrons. The summed E-state index contributed by atoms with van der Waals surface area (Å²) in [5.74, 6) is -0.349. The van der Waals surface area contributed by atoms with E-state index in [2.05, 4.69) is 5.16 Å². The number of nitrogens with zero attached hydrogens (tertiary/aromatic N) is 2. The molecule has 0 saturated heterocycles. The molecule has 1 atom stereocenters. The van der Waals surface area contributed by atoms with Crippen LogP contribution in [0.25, 0.3) is 0 Å². The number of amides is 1. The van der Waals surface area contributed by atoms with Crippen LogP contribution in [0, 0.1) is 0 Å². The minimum absolute atomic E-state index is 0.00223. The van der Waals surface area contributed by atoms with E-state index in [0.717, 1.165) is 23.4 Å². The smallest absolute Gasteiger partial charge is 0.390 e. The van der Waals surface area contributed by atoms with E-state index < -0.39 is 17.8 Å². The van der Waals surface area contributed by atoms with Gasteiger partial charge in [-0.25, -0.2) is 0 Å². The molecule has 30 heavy (non-hydrogen) atoms. The molecular formula is C21H20ClF3N2O3. The van der Waals surface area contributed by atoms with Crippen molar-refractivity contribution >= 4 is 23.2 Å². The van der Waals surface area contributed by atoms with Crippen LogP contribution in [0.2, 0.25) is 5.02 Å². The fourth-order valence-electron chi connectivity index (χ4n) is 3.12. The SMILES string of the molecule is COCC(=O)N(Cc1cccc(C(F)(F)F)c1)CC1CC(c2ccc(Cl)cc2)=NO1. The van der Waals surface area contributed by atoms with Crippen molar-refractivity contribution in [2.45, 2.75) is 25.2 Å². The Morgan fingerprint density at radius 3 is 2.67 bits per heavy atom. The Kier molecular flexibility index (Phi) is 6.99. The van der Waals surface area contributed by atoms with Gasteiger partial charge in [0, 0.05) is 25.1 Å². The number of alkyl halides is 3. The highest BCUT2D eigenvalue weighted by molar-refractivity contribution is 6.30. The average molecular weight is 441 g/mol.